The highest BCUT2D eigenvalue weighted by molar-refractivity contribution is 6.68. The number of nitrogens with zero attached hydrogens (tertiary/aromatic N) is 1. The van der Waals surface area contributed by atoms with Crippen LogP contribution in [0.25, 0.3) is 0 Å². The van der Waals surface area contributed by atoms with E-state index in [0.717, 1.165) is 5.56 Å². The second-order valence-corrected chi connectivity index (χ2v) is 7.81. The molecule has 0 spiro atoms. The molecule has 1 unspecified atom stereocenters. The van der Waals surface area contributed by atoms with E-state index in [9.17, 15) is 4.79 Å². The van der Waals surface area contributed by atoms with Crippen molar-refractivity contribution in [2.24, 2.45) is 4.99 Å². The van der Waals surface area contributed by atoms with Gasteiger partial charge in [-0.2, -0.15) is 0 Å². The number of rotatable bonds is 2. The molecular formula is C16H10Cl4N2O2. The highest BCUT2D eigenvalue weighted by atomic mass is 35.6. The van der Waals surface area contributed by atoms with Gasteiger partial charge in [-0.3, -0.25) is 9.79 Å². The van der Waals surface area contributed by atoms with Crippen molar-refractivity contribution < 1.29 is 9.53 Å². The minimum absolute atomic E-state index is 0.325. The molecule has 0 aliphatic carbocycles. The summed E-state index contributed by atoms with van der Waals surface area (Å²) in [6.07, 6.45) is 0.620. The Kier molecular flexibility index (Phi) is 4.92. The predicted octanol–water partition coefficient (Wildman–Crippen LogP) is 4.91. The van der Waals surface area contributed by atoms with Crippen LogP contribution in [0, 0.1) is 0 Å². The molecule has 2 aromatic rings. The Morgan fingerprint density at radius 1 is 1.12 bits per heavy atom. The molecule has 1 heterocycles. The Hall–Kier alpha value is -1.46. The van der Waals surface area contributed by atoms with E-state index in [0.29, 0.717) is 22.0 Å². The van der Waals surface area contributed by atoms with Crippen LogP contribution in [0.5, 0.6) is 5.75 Å². The topological polar surface area (TPSA) is 50.7 Å². The van der Waals surface area contributed by atoms with Crippen molar-refractivity contribution in [1.29, 1.82) is 0 Å². The smallest absolute Gasteiger partial charge is 0.258 e. The van der Waals surface area contributed by atoms with Crippen LogP contribution >= 0.6 is 46.4 Å². The third-order valence-electron chi connectivity index (χ3n) is 3.24. The first-order valence-electron chi connectivity index (χ1n) is 6.81. The van der Waals surface area contributed by atoms with Crippen LogP contribution < -0.4 is 10.1 Å². The lowest BCUT2D eigenvalue weighted by molar-refractivity contribution is 0.0764. The number of halogens is 4. The SMILES string of the molecule is O=C1NC(C(Cl)(Cl)Cl)Oc2ccc(N=Cc3ccc(Cl)cc3)cc21. The maximum Gasteiger partial charge on any atom is 0.258 e. The van der Waals surface area contributed by atoms with Gasteiger partial charge >= 0.3 is 0 Å². The van der Waals surface area contributed by atoms with Gasteiger partial charge in [0.2, 0.25) is 10.0 Å². The normalized spacial score (nSPS) is 17.3. The van der Waals surface area contributed by atoms with Gasteiger partial charge in [-0.1, -0.05) is 58.5 Å². The number of amides is 1. The minimum atomic E-state index is -1.77. The van der Waals surface area contributed by atoms with Crippen molar-refractivity contribution in [3.05, 3.63) is 58.6 Å². The molecule has 0 fully saturated rings. The molecule has 24 heavy (non-hydrogen) atoms. The van der Waals surface area contributed by atoms with E-state index >= 15 is 0 Å². The standard InChI is InChI=1S/C16H10Cl4N2O2/c17-10-3-1-9(2-4-10)8-21-11-5-6-13-12(7-11)14(23)22-15(24-13)16(18,19)20/h1-8,15H,(H,22,23). The number of ether oxygens (including phenoxy) is 1. The fourth-order valence-electron chi connectivity index (χ4n) is 2.08. The van der Waals surface area contributed by atoms with Crippen molar-refractivity contribution in [2.75, 3.05) is 0 Å². The molecule has 0 radical (unpaired) electrons. The summed E-state index contributed by atoms with van der Waals surface area (Å²) in [7, 11) is 0. The maximum absolute atomic E-state index is 12.2. The maximum atomic E-state index is 12.2. The molecule has 1 amide bonds. The summed E-state index contributed by atoms with van der Waals surface area (Å²) in [5.41, 5.74) is 1.80. The first-order chi connectivity index (χ1) is 11.3. The Bertz CT molecular complexity index is 801. The zero-order valence-corrected chi connectivity index (χ0v) is 15.0. The lowest BCUT2D eigenvalue weighted by Crippen LogP contribution is -2.50. The molecule has 1 N–H and O–H groups in total. The van der Waals surface area contributed by atoms with Gasteiger partial charge in [0, 0.05) is 11.2 Å². The van der Waals surface area contributed by atoms with Gasteiger partial charge in [-0.25, -0.2) is 0 Å². The highest BCUT2D eigenvalue weighted by Crippen LogP contribution is 2.36. The van der Waals surface area contributed by atoms with Crippen molar-refractivity contribution in [3.8, 4) is 5.75 Å². The van der Waals surface area contributed by atoms with Crippen LogP contribution in [0.15, 0.2) is 47.5 Å². The molecule has 0 saturated carbocycles. The number of hydrogen-bond acceptors (Lipinski definition) is 3. The average Bonchev–Trinajstić information content (AvgIpc) is 2.53. The Labute approximate surface area is 158 Å². The largest absolute Gasteiger partial charge is 0.465 e. The first-order valence-corrected chi connectivity index (χ1v) is 8.32. The van der Waals surface area contributed by atoms with Crippen molar-refractivity contribution in [2.45, 2.75) is 10.0 Å². The second-order valence-electron chi connectivity index (χ2n) is 5.00. The van der Waals surface area contributed by atoms with E-state index in [-0.39, 0.29) is 0 Å². The minimum Gasteiger partial charge on any atom is -0.465 e. The van der Waals surface area contributed by atoms with Gasteiger partial charge in [0.25, 0.3) is 5.91 Å². The lowest BCUT2D eigenvalue weighted by Gasteiger charge is -2.30. The molecule has 2 aromatic carbocycles. The molecule has 3 rings (SSSR count). The van der Waals surface area contributed by atoms with E-state index in [1.165, 1.54) is 0 Å². The van der Waals surface area contributed by atoms with E-state index in [4.69, 9.17) is 51.1 Å². The van der Waals surface area contributed by atoms with Gasteiger partial charge in [0.05, 0.1) is 11.3 Å². The number of carbonyl (C=O) groups is 1. The van der Waals surface area contributed by atoms with Gasteiger partial charge in [-0.05, 0) is 35.9 Å². The fourth-order valence-corrected chi connectivity index (χ4v) is 2.50. The Balaban J connectivity index is 1.83. The molecule has 0 saturated heterocycles. The third-order valence-corrected chi connectivity index (χ3v) is 4.09. The number of fused-ring (bicyclic) bond motifs is 1. The fraction of sp³-hybridized carbons (Fsp3) is 0.125. The number of aliphatic imine (C=N–C) groups is 1. The van der Waals surface area contributed by atoms with Gasteiger partial charge < -0.3 is 10.1 Å². The molecule has 4 nitrogen and oxygen atoms in total. The molecular weight excluding hydrogens is 394 g/mol. The summed E-state index contributed by atoms with van der Waals surface area (Å²) in [5, 5.41) is 3.15. The number of nitrogens with one attached hydrogen (secondary N) is 1. The summed E-state index contributed by atoms with van der Waals surface area (Å²) in [6, 6.07) is 12.1. The molecule has 8 heteroatoms. The van der Waals surface area contributed by atoms with Crippen LogP contribution in [0.1, 0.15) is 15.9 Å². The monoisotopic (exact) mass is 402 g/mol. The molecule has 124 valence electrons. The summed E-state index contributed by atoms with van der Waals surface area (Å²) in [6.45, 7) is 0. The molecule has 1 aliphatic heterocycles. The van der Waals surface area contributed by atoms with Crippen molar-refractivity contribution in [3.63, 3.8) is 0 Å². The number of benzene rings is 2. The van der Waals surface area contributed by atoms with Crippen molar-refractivity contribution in [1.82, 2.24) is 5.32 Å². The lowest BCUT2D eigenvalue weighted by atomic mass is 10.1. The molecule has 1 aliphatic rings. The van der Waals surface area contributed by atoms with E-state index in [2.05, 4.69) is 10.3 Å². The Morgan fingerprint density at radius 2 is 1.83 bits per heavy atom. The molecule has 1 atom stereocenters. The average molecular weight is 404 g/mol. The van der Waals surface area contributed by atoms with E-state index in [1.54, 1.807) is 36.5 Å². The van der Waals surface area contributed by atoms with E-state index < -0.39 is 15.9 Å². The zero-order chi connectivity index (χ0) is 17.3. The van der Waals surface area contributed by atoms with Gasteiger partial charge in [0.1, 0.15) is 5.75 Å². The zero-order valence-electron chi connectivity index (χ0n) is 12.0. The number of alkyl halides is 3. The highest BCUT2D eigenvalue weighted by Gasteiger charge is 2.40. The number of hydrogen-bond donors (Lipinski definition) is 1. The predicted molar refractivity (Wildman–Crippen MR) is 97.3 cm³/mol. The summed E-state index contributed by atoms with van der Waals surface area (Å²) in [5.74, 6) is -0.0587. The molecule has 0 aromatic heterocycles. The van der Waals surface area contributed by atoms with Crippen LogP contribution in [0.3, 0.4) is 0 Å². The quantitative estimate of drug-likeness (QED) is 0.572. The van der Waals surface area contributed by atoms with E-state index in [1.807, 2.05) is 12.1 Å². The summed E-state index contributed by atoms with van der Waals surface area (Å²) in [4.78, 5) is 16.5. The summed E-state index contributed by atoms with van der Waals surface area (Å²) < 4.78 is 3.74. The van der Waals surface area contributed by atoms with Crippen LogP contribution in [0.2, 0.25) is 5.02 Å². The van der Waals surface area contributed by atoms with Gasteiger partial charge in [0.15, 0.2) is 0 Å². The second kappa shape index (κ2) is 6.81. The van der Waals surface area contributed by atoms with Crippen LogP contribution in [-0.2, 0) is 0 Å². The Morgan fingerprint density at radius 3 is 2.50 bits per heavy atom. The first kappa shape index (κ1) is 17.4. The van der Waals surface area contributed by atoms with Crippen LogP contribution in [0.4, 0.5) is 5.69 Å². The van der Waals surface area contributed by atoms with Crippen LogP contribution in [-0.4, -0.2) is 22.1 Å². The van der Waals surface area contributed by atoms with Gasteiger partial charge in [-0.15, -0.1) is 0 Å². The third kappa shape index (κ3) is 3.95. The molecule has 0 bridgehead atoms. The summed E-state index contributed by atoms with van der Waals surface area (Å²) >= 11 is 23.1. The van der Waals surface area contributed by atoms with Crippen molar-refractivity contribution >= 4 is 64.2 Å². The number of carbonyl (C=O) groups excluding carboxylic acids is 1.